The molecule has 0 spiro atoms. The Morgan fingerprint density at radius 3 is 2.49 bits per heavy atom. The number of sulfonamides is 1. The Hall–Kier alpha value is -3.76. The molecule has 0 amide bonds. The first-order chi connectivity index (χ1) is 17.4. The summed E-state index contributed by atoms with van der Waals surface area (Å²) in [5.41, 5.74) is 2.35. The smallest absolute Gasteiger partial charge is 0.264 e. The Kier molecular flexibility index (Phi) is 7.60. The molecule has 0 saturated heterocycles. The second kappa shape index (κ2) is 10.7. The van der Waals surface area contributed by atoms with Gasteiger partial charge in [-0.3, -0.25) is 4.31 Å². The van der Waals surface area contributed by atoms with Crippen molar-refractivity contribution in [3.8, 4) is 11.8 Å². The third-order valence-electron chi connectivity index (χ3n) is 6.30. The Morgan fingerprint density at radius 1 is 0.973 bits per heavy atom. The van der Waals surface area contributed by atoms with Gasteiger partial charge in [-0.05, 0) is 36.8 Å². The quantitative estimate of drug-likeness (QED) is 0.270. The van der Waals surface area contributed by atoms with Crippen molar-refractivity contribution in [3.05, 3.63) is 73.3 Å². The molecule has 0 saturated carbocycles. The van der Waals surface area contributed by atoms with E-state index < -0.39 is 10.0 Å². The van der Waals surface area contributed by atoms with E-state index in [-0.39, 0.29) is 29.7 Å². The molecule has 0 radical (unpaired) electrons. The lowest BCUT2D eigenvalue weighted by molar-refractivity contribution is 0.365. The normalized spacial score (nSPS) is 11.4. The van der Waals surface area contributed by atoms with Crippen LogP contribution in [-0.2, 0) is 23.6 Å². The molecule has 0 unspecified atom stereocenters. The summed E-state index contributed by atoms with van der Waals surface area (Å²) < 4.78 is 44.3. The molecule has 194 valence electrons. The van der Waals surface area contributed by atoms with Crippen molar-refractivity contribution in [1.29, 1.82) is 0 Å². The number of ether oxygens (including phenoxy) is 2. The molecule has 5 aromatic rings. The summed E-state index contributed by atoms with van der Waals surface area (Å²) in [6.07, 6.45) is 5.82. The minimum atomic E-state index is -3.96. The van der Waals surface area contributed by atoms with Crippen LogP contribution in [0.1, 0.15) is 6.42 Å². The number of methoxy groups -OCH3 is 2. The van der Waals surface area contributed by atoms with Crippen molar-refractivity contribution < 1.29 is 17.9 Å². The van der Waals surface area contributed by atoms with Crippen LogP contribution in [0.5, 0.6) is 11.8 Å². The molecule has 0 N–H and O–H groups in total. The minimum absolute atomic E-state index is 0. The Balaban J connectivity index is 0.00000320. The first kappa shape index (κ1) is 26.3. The molecule has 0 bridgehead atoms. The summed E-state index contributed by atoms with van der Waals surface area (Å²) >= 11 is 0. The highest BCUT2D eigenvalue weighted by atomic mass is 35.5. The lowest BCUT2D eigenvalue weighted by Crippen LogP contribution is -2.33. The minimum Gasteiger partial charge on any atom is -0.481 e. The molecule has 2 aromatic carbocycles. The largest absolute Gasteiger partial charge is 0.481 e. The van der Waals surface area contributed by atoms with Crippen molar-refractivity contribution in [2.75, 3.05) is 25.1 Å². The number of halogens is 1. The molecule has 9 nitrogen and oxygen atoms in total. The van der Waals surface area contributed by atoms with E-state index in [2.05, 4.69) is 14.5 Å². The zero-order valence-electron chi connectivity index (χ0n) is 20.7. The second-order valence-corrected chi connectivity index (χ2v) is 10.2. The molecule has 3 aromatic heterocycles. The van der Waals surface area contributed by atoms with E-state index >= 15 is 0 Å². The zero-order chi connectivity index (χ0) is 25.3. The number of hydrogen-bond donors (Lipinski definition) is 0. The number of hydrogen-bond acceptors (Lipinski definition) is 6. The maximum absolute atomic E-state index is 14.1. The average molecular weight is 542 g/mol. The predicted octanol–water partition coefficient (Wildman–Crippen LogP) is 4.65. The van der Waals surface area contributed by atoms with Crippen molar-refractivity contribution in [2.24, 2.45) is 7.05 Å². The summed E-state index contributed by atoms with van der Waals surface area (Å²) in [7, 11) is 0.984. The van der Waals surface area contributed by atoms with Crippen LogP contribution in [0.2, 0.25) is 0 Å². The van der Waals surface area contributed by atoms with E-state index in [0.717, 1.165) is 21.8 Å². The van der Waals surface area contributed by atoms with E-state index in [1.54, 1.807) is 36.8 Å². The fraction of sp³-hybridized carbons (Fsp3) is 0.231. The predicted molar refractivity (Wildman–Crippen MR) is 146 cm³/mol. The van der Waals surface area contributed by atoms with Crippen molar-refractivity contribution in [1.82, 2.24) is 19.1 Å². The van der Waals surface area contributed by atoms with Crippen molar-refractivity contribution in [3.63, 3.8) is 0 Å². The van der Waals surface area contributed by atoms with Crippen molar-refractivity contribution >= 4 is 49.9 Å². The molecule has 11 heteroatoms. The monoisotopic (exact) mass is 541 g/mol. The highest BCUT2D eigenvalue weighted by Crippen LogP contribution is 2.35. The van der Waals surface area contributed by atoms with E-state index in [1.807, 2.05) is 48.1 Å². The Labute approximate surface area is 221 Å². The summed E-state index contributed by atoms with van der Waals surface area (Å²) in [6, 6.07) is 16.5. The number of para-hydroxylation sites is 1. The lowest BCUT2D eigenvalue weighted by Gasteiger charge is -2.26. The van der Waals surface area contributed by atoms with Crippen LogP contribution >= 0.6 is 12.4 Å². The van der Waals surface area contributed by atoms with Gasteiger partial charge in [-0.15, -0.1) is 12.4 Å². The van der Waals surface area contributed by atoms with Crippen LogP contribution in [-0.4, -0.2) is 48.3 Å². The highest BCUT2D eigenvalue weighted by molar-refractivity contribution is 7.92. The van der Waals surface area contributed by atoms with E-state index in [0.29, 0.717) is 24.5 Å². The topological polar surface area (TPSA) is 91.5 Å². The number of benzene rings is 2. The van der Waals surface area contributed by atoms with Gasteiger partial charge in [-0.2, -0.15) is 4.98 Å². The van der Waals surface area contributed by atoms with Gasteiger partial charge in [0.1, 0.15) is 5.69 Å². The second-order valence-electron chi connectivity index (χ2n) is 8.37. The van der Waals surface area contributed by atoms with Crippen LogP contribution in [0.4, 0.5) is 5.69 Å². The number of pyridine rings is 1. The van der Waals surface area contributed by atoms with E-state index in [1.165, 1.54) is 18.5 Å². The molecule has 3 heterocycles. The summed E-state index contributed by atoms with van der Waals surface area (Å²) in [4.78, 5) is 8.58. The van der Waals surface area contributed by atoms with Crippen LogP contribution in [0.15, 0.2) is 78.2 Å². The van der Waals surface area contributed by atoms with Crippen LogP contribution in [0.3, 0.4) is 0 Å². The van der Waals surface area contributed by atoms with Gasteiger partial charge in [-0.25, -0.2) is 13.4 Å². The number of rotatable bonds is 9. The average Bonchev–Trinajstić information content (AvgIpc) is 3.53. The fourth-order valence-electron chi connectivity index (χ4n) is 4.49. The number of fused-ring (bicyclic) bond motifs is 3. The van der Waals surface area contributed by atoms with Gasteiger partial charge in [0.05, 0.1) is 25.4 Å². The van der Waals surface area contributed by atoms with Crippen LogP contribution in [0.25, 0.3) is 21.8 Å². The van der Waals surface area contributed by atoms with Gasteiger partial charge >= 0.3 is 0 Å². The van der Waals surface area contributed by atoms with Gasteiger partial charge in [0.2, 0.25) is 11.8 Å². The standard InChI is InChI=1S/C26H27N5O4S.ClH/c1-29-22-8-5-4-7-20(22)21-17-19(9-10-23(21)29)36(32,33)31(15-6-14-30-16-13-27-18-30)24-11-12-25(34-2)28-26(24)35-3;/h4-5,7-13,16-18H,6,14-15H2,1-3H3;1H. The van der Waals surface area contributed by atoms with Crippen molar-refractivity contribution in [2.45, 2.75) is 17.9 Å². The van der Waals surface area contributed by atoms with Gasteiger partial charge in [0.15, 0.2) is 0 Å². The molecule has 37 heavy (non-hydrogen) atoms. The number of aryl methyl sites for hydroxylation is 2. The third kappa shape index (κ3) is 4.82. The number of imidazole rings is 1. The fourth-order valence-corrected chi connectivity index (χ4v) is 6.02. The molecule has 0 aliphatic rings. The van der Waals surface area contributed by atoms with Gasteiger partial charge in [0, 0.05) is 60.4 Å². The Bertz CT molecular complexity index is 1630. The summed E-state index contributed by atoms with van der Waals surface area (Å²) in [5.74, 6) is 0.510. The molecule has 0 aliphatic heterocycles. The number of anilines is 1. The summed E-state index contributed by atoms with van der Waals surface area (Å²) in [5, 5.41) is 1.88. The molecule has 0 atom stereocenters. The number of nitrogens with zero attached hydrogens (tertiary/aromatic N) is 5. The molecular formula is C26H28ClN5O4S. The van der Waals surface area contributed by atoms with Crippen LogP contribution < -0.4 is 13.8 Å². The van der Waals surface area contributed by atoms with E-state index in [4.69, 9.17) is 9.47 Å². The number of aromatic nitrogens is 4. The lowest BCUT2D eigenvalue weighted by atomic mass is 10.1. The maximum atomic E-state index is 14.1. The van der Waals surface area contributed by atoms with Gasteiger partial charge in [-0.1, -0.05) is 18.2 Å². The van der Waals surface area contributed by atoms with E-state index in [9.17, 15) is 8.42 Å². The summed E-state index contributed by atoms with van der Waals surface area (Å²) in [6.45, 7) is 0.832. The van der Waals surface area contributed by atoms with Crippen LogP contribution in [0, 0.1) is 0 Å². The maximum Gasteiger partial charge on any atom is 0.264 e. The SMILES string of the molecule is COc1ccc(N(CCCn2ccnc2)S(=O)(=O)c2ccc3c(c2)c2ccccc2n3C)c(OC)n1.Cl. The van der Waals surface area contributed by atoms with Gasteiger partial charge in [0.25, 0.3) is 10.0 Å². The molecule has 0 aliphatic carbocycles. The van der Waals surface area contributed by atoms with Gasteiger partial charge < -0.3 is 18.6 Å². The molecule has 0 fully saturated rings. The first-order valence-corrected chi connectivity index (χ1v) is 12.9. The molecular weight excluding hydrogens is 514 g/mol. The first-order valence-electron chi connectivity index (χ1n) is 11.5. The Morgan fingerprint density at radius 2 is 1.76 bits per heavy atom. The molecule has 5 rings (SSSR count). The zero-order valence-corrected chi connectivity index (χ0v) is 22.4. The highest BCUT2D eigenvalue weighted by Gasteiger charge is 2.29. The third-order valence-corrected chi connectivity index (χ3v) is 8.10.